The van der Waals surface area contributed by atoms with Crippen LogP contribution in [0.25, 0.3) is 11.3 Å². The highest BCUT2D eigenvalue weighted by Crippen LogP contribution is 2.21. The van der Waals surface area contributed by atoms with Crippen molar-refractivity contribution in [1.82, 2.24) is 25.1 Å². The first-order valence-electron chi connectivity index (χ1n) is 9.59. The minimum atomic E-state index is -0.402. The highest BCUT2D eigenvalue weighted by molar-refractivity contribution is 7.09. The van der Waals surface area contributed by atoms with Crippen molar-refractivity contribution in [2.75, 3.05) is 5.32 Å². The van der Waals surface area contributed by atoms with Crippen LogP contribution in [0.2, 0.25) is 0 Å². The number of benzene rings is 1. The van der Waals surface area contributed by atoms with Crippen molar-refractivity contribution in [3.05, 3.63) is 83.1 Å². The molecule has 0 aliphatic carbocycles. The van der Waals surface area contributed by atoms with Crippen molar-refractivity contribution in [1.29, 1.82) is 0 Å². The molecule has 8 heteroatoms. The van der Waals surface area contributed by atoms with Crippen molar-refractivity contribution < 1.29 is 4.79 Å². The van der Waals surface area contributed by atoms with Crippen LogP contribution in [-0.4, -0.2) is 31.7 Å². The van der Waals surface area contributed by atoms with Crippen LogP contribution >= 0.6 is 11.3 Å². The van der Waals surface area contributed by atoms with Gasteiger partial charge < -0.3 is 10.6 Å². The highest BCUT2D eigenvalue weighted by atomic mass is 32.1. The fourth-order valence-corrected chi connectivity index (χ4v) is 3.74. The molecule has 1 amide bonds. The number of rotatable bonds is 8. The largest absolute Gasteiger partial charge is 0.308 e. The number of carbonyl (C=O) groups excluding carboxylic acids is 1. The second-order valence-electron chi connectivity index (χ2n) is 6.85. The number of aryl methyl sites for hydroxylation is 1. The van der Waals surface area contributed by atoms with E-state index in [1.165, 1.54) is 0 Å². The van der Waals surface area contributed by atoms with Gasteiger partial charge in [0.05, 0.1) is 17.2 Å². The summed E-state index contributed by atoms with van der Waals surface area (Å²) in [5.74, 6) is 0.398. The number of aromatic nitrogens is 4. The third kappa shape index (κ3) is 4.97. The average molecular weight is 419 g/mol. The number of nitrogens with zero attached hydrogens (tertiary/aromatic N) is 4. The molecule has 1 unspecified atom stereocenters. The zero-order valence-corrected chi connectivity index (χ0v) is 17.3. The monoisotopic (exact) mass is 418 g/mol. The number of nitrogens with one attached hydrogen (secondary N) is 2. The Labute approximate surface area is 178 Å². The molecule has 7 nitrogen and oxygen atoms in total. The first-order chi connectivity index (χ1) is 14.7. The van der Waals surface area contributed by atoms with Gasteiger partial charge in [-0.1, -0.05) is 30.3 Å². The molecule has 0 aliphatic rings. The van der Waals surface area contributed by atoms with Gasteiger partial charge >= 0.3 is 0 Å². The van der Waals surface area contributed by atoms with Gasteiger partial charge in [0.25, 0.3) is 0 Å². The first-order valence-corrected chi connectivity index (χ1v) is 10.5. The molecule has 1 aromatic carbocycles. The molecule has 0 radical (unpaired) electrons. The van der Waals surface area contributed by atoms with Crippen molar-refractivity contribution in [3.63, 3.8) is 0 Å². The Morgan fingerprint density at radius 3 is 2.67 bits per heavy atom. The number of thiazole rings is 1. The maximum Gasteiger partial charge on any atom is 0.243 e. The van der Waals surface area contributed by atoms with Gasteiger partial charge in [-0.3, -0.25) is 19.4 Å². The second kappa shape index (κ2) is 9.43. The van der Waals surface area contributed by atoms with E-state index in [-0.39, 0.29) is 5.91 Å². The number of amides is 1. The molecule has 1 atom stereocenters. The topological polar surface area (TPSA) is 84.7 Å². The summed E-state index contributed by atoms with van der Waals surface area (Å²) >= 11 is 1.56. The molecule has 152 valence electrons. The molecule has 0 saturated heterocycles. The number of anilines is 1. The van der Waals surface area contributed by atoms with E-state index in [0.29, 0.717) is 18.8 Å². The van der Waals surface area contributed by atoms with Gasteiger partial charge in [-0.15, -0.1) is 11.3 Å². The van der Waals surface area contributed by atoms with E-state index in [0.717, 1.165) is 21.7 Å². The van der Waals surface area contributed by atoms with Crippen molar-refractivity contribution in [2.24, 2.45) is 7.05 Å². The fourth-order valence-electron chi connectivity index (χ4n) is 3.20. The van der Waals surface area contributed by atoms with Crippen LogP contribution in [0, 0.1) is 0 Å². The summed E-state index contributed by atoms with van der Waals surface area (Å²) in [6.45, 7) is 0.583. The lowest BCUT2D eigenvalue weighted by molar-refractivity contribution is -0.118. The number of hydrogen-bond donors (Lipinski definition) is 2. The summed E-state index contributed by atoms with van der Waals surface area (Å²) < 4.78 is 1.75. The van der Waals surface area contributed by atoms with Crippen LogP contribution in [0.4, 0.5) is 5.82 Å². The smallest absolute Gasteiger partial charge is 0.243 e. The lowest BCUT2D eigenvalue weighted by atomic mass is 10.1. The Balaban J connectivity index is 1.49. The zero-order valence-electron chi connectivity index (χ0n) is 16.5. The summed E-state index contributed by atoms with van der Waals surface area (Å²) in [6.07, 6.45) is 5.87. The molecule has 0 fully saturated rings. The van der Waals surface area contributed by atoms with Crippen molar-refractivity contribution >= 4 is 23.1 Å². The van der Waals surface area contributed by atoms with Crippen LogP contribution in [0.3, 0.4) is 0 Å². The second-order valence-corrected chi connectivity index (χ2v) is 7.83. The maximum atomic E-state index is 13.1. The van der Waals surface area contributed by atoms with Gasteiger partial charge in [0.15, 0.2) is 5.82 Å². The summed E-state index contributed by atoms with van der Waals surface area (Å²) in [6, 6.07) is 15.3. The minimum absolute atomic E-state index is 0.122. The van der Waals surface area contributed by atoms with E-state index in [1.54, 1.807) is 33.9 Å². The summed E-state index contributed by atoms with van der Waals surface area (Å²) in [5.41, 5.74) is 4.78. The lowest BCUT2D eigenvalue weighted by Crippen LogP contribution is -2.41. The number of hydrogen-bond acceptors (Lipinski definition) is 6. The average Bonchev–Trinajstić information content (AvgIpc) is 3.42. The van der Waals surface area contributed by atoms with E-state index in [1.807, 2.05) is 61.8 Å². The summed E-state index contributed by atoms with van der Waals surface area (Å²) in [7, 11) is 1.86. The highest BCUT2D eigenvalue weighted by Gasteiger charge is 2.20. The first kappa shape index (κ1) is 19.9. The Hall–Kier alpha value is -3.36. The molecule has 0 bridgehead atoms. The van der Waals surface area contributed by atoms with Gasteiger partial charge in [0.2, 0.25) is 5.91 Å². The fraction of sp³-hybridized carbons (Fsp3) is 0.182. The molecule has 2 N–H and O–H groups in total. The molecule has 30 heavy (non-hydrogen) atoms. The summed E-state index contributed by atoms with van der Waals surface area (Å²) in [5, 5.41) is 10.8. The van der Waals surface area contributed by atoms with E-state index in [2.05, 4.69) is 25.7 Å². The van der Waals surface area contributed by atoms with Gasteiger partial charge in [0, 0.05) is 48.7 Å². The SMILES string of the molecule is Cn1nc(NC(=O)C(Cc2ccccc2)NCc2cncs2)cc1-c1ccncc1. The predicted molar refractivity (Wildman–Crippen MR) is 118 cm³/mol. The molecule has 4 rings (SSSR count). The van der Waals surface area contributed by atoms with Crippen LogP contribution < -0.4 is 10.6 Å². The Kier molecular flexibility index (Phi) is 6.26. The van der Waals surface area contributed by atoms with E-state index in [4.69, 9.17) is 0 Å². The quantitative estimate of drug-likeness (QED) is 0.459. The predicted octanol–water partition coefficient (Wildman–Crippen LogP) is 3.28. The molecule has 3 heterocycles. The molecule has 0 saturated carbocycles. The van der Waals surface area contributed by atoms with Gasteiger partial charge in [-0.25, -0.2) is 0 Å². The standard InChI is InChI=1S/C22H22N6OS/c1-28-20(17-7-9-23-10-8-17)12-21(27-28)26-22(29)19(11-16-5-3-2-4-6-16)25-14-18-13-24-15-30-18/h2-10,12-13,15,19,25H,11,14H2,1H3,(H,26,27,29). The normalized spacial score (nSPS) is 11.9. The molecular weight excluding hydrogens is 396 g/mol. The van der Waals surface area contributed by atoms with Gasteiger partial charge in [0.1, 0.15) is 0 Å². The van der Waals surface area contributed by atoms with Crippen molar-refractivity contribution in [3.8, 4) is 11.3 Å². The van der Waals surface area contributed by atoms with Crippen LogP contribution in [0.5, 0.6) is 0 Å². The van der Waals surface area contributed by atoms with E-state index < -0.39 is 6.04 Å². The Morgan fingerprint density at radius 2 is 1.93 bits per heavy atom. The Morgan fingerprint density at radius 1 is 1.13 bits per heavy atom. The number of pyridine rings is 1. The van der Waals surface area contributed by atoms with E-state index in [9.17, 15) is 4.79 Å². The molecule has 4 aromatic rings. The lowest BCUT2D eigenvalue weighted by Gasteiger charge is -2.17. The van der Waals surface area contributed by atoms with Crippen molar-refractivity contribution in [2.45, 2.75) is 19.0 Å². The van der Waals surface area contributed by atoms with Gasteiger partial charge in [-0.05, 0) is 24.1 Å². The third-order valence-electron chi connectivity index (χ3n) is 4.71. The van der Waals surface area contributed by atoms with E-state index >= 15 is 0 Å². The molecular formula is C22H22N6OS. The zero-order chi connectivity index (χ0) is 20.8. The molecule has 0 spiro atoms. The minimum Gasteiger partial charge on any atom is -0.308 e. The van der Waals surface area contributed by atoms with Crippen LogP contribution in [0.1, 0.15) is 10.4 Å². The summed E-state index contributed by atoms with van der Waals surface area (Å²) in [4.78, 5) is 22.3. The third-order valence-corrected chi connectivity index (χ3v) is 5.49. The van der Waals surface area contributed by atoms with Gasteiger partial charge in [-0.2, -0.15) is 5.10 Å². The van der Waals surface area contributed by atoms with Crippen LogP contribution in [0.15, 0.2) is 72.6 Å². The molecule has 0 aliphatic heterocycles. The molecule has 3 aromatic heterocycles. The Bertz CT molecular complexity index is 1080. The number of carbonyl (C=O) groups is 1. The van der Waals surface area contributed by atoms with Crippen LogP contribution in [-0.2, 0) is 24.8 Å². The maximum absolute atomic E-state index is 13.1.